The van der Waals surface area contributed by atoms with Gasteiger partial charge in [0.05, 0.1) is 0 Å². The van der Waals surface area contributed by atoms with Gasteiger partial charge < -0.3 is 15.0 Å². The predicted octanol–water partition coefficient (Wildman–Crippen LogP) is 3.68. The largest absolute Gasteiger partial charge is 0.457 e. The van der Waals surface area contributed by atoms with Crippen molar-refractivity contribution >= 4 is 30.7 Å². The normalized spacial score (nSPS) is 21.2. The van der Waals surface area contributed by atoms with Crippen molar-refractivity contribution in [3.05, 3.63) is 54.4 Å². The maximum atomic E-state index is 13.0. The fraction of sp³-hybridized carbons (Fsp3) is 0.368. The van der Waals surface area contributed by atoms with Gasteiger partial charge in [0.1, 0.15) is 17.2 Å². The lowest BCUT2D eigenvalue weighted by Gasteiger charge is -2.27. The summed E-state index contributed by atoms with van der Waals surface area (Å²) in [6.07, 6.45) is 4.83. The lowest BCUT2D eigenvalue weighted by Crippen LogP contribution is -2.42. The van der Waals surface area contributed by atoms with Crippen molar-refractivity contribution in [2.75, 3.05) is 13.1 Å². The summed E-state index contributed by atoms with van der Waals surface area (Å²) in [7, 11) is 0. The molecular formula is C19H23Cl2N3O2. The molecule has 0 saturated carbocycles. The van der Waals surface area contributed by atoms with E-state index >= 15 is 0 Å². The number of carbonyl (C=O) groups excluding carboxylic acids is 1. The van der Waals surface area contributed by atoms with Gasteiger partial charge in [-0.2, -0.15) is 0 Å². The first-order chi connectivity index (χ1) is 11.8. The second kappa shape index (κ2) is 9.21. The van der Waals surface area contributed by atoms with Gasteiger partial charge >= 0.3 is 0 Å². The van der Waals surface area contributed by atoms with E-state index in [9.17, 15) is 4.79 Å². The molecule has 5 nitrogen and oxygen atoms in total. The highest BCUT2D eigenvalue weighted by atomic mass is 35.5. The monoisotopic (exact) mass is 395 g/mol. The number of para-hydroxylation sites is 1. The summed E-state index contributed by atoms with van der Waals surface area (Å²) in [4.78, 5) is 19.3. The number of ether oxygens (including phenoxy) is 1. The zero-order valence-corrected chi connectivity index (χ0v) is 16.0. The molecule has 2 atom stereocenters. The molecule has 1 amide bonds. The van der Waals surface area contributed by atoms with Gasteiger partial charge in [0, 0.05) is 30.9 Å². The van der Waals surface area contributed by atoms with Crippen molar-refractivity contribution in [3.8, 4) is 11.5 Å². The average molecular weight is 396 g/mol. The Morgan fingerprint density at radius 2 is 1.81 bits per heavy atom. The quantitative estimate of drug-likeness (QED) is 0.860. The Morgan fingerprint density at radius 3 is 2.62 bits per heavy atom. The van der Waals surface area contributed by atoms with Crippen molar-refractivity contribution < 1.29 is 9.53 Å². The van der Waals surface area contributed by atoms with E-state index in [1.54, 1.807) is 18.3 Å². The average Bonchev–Trinajstić information content (AvgIpc) is 2.88. The molecule has 3 heterocycles. The number of rotatable bonds is 3. The number of carbonyl (C=O) groups is 1. The zero-order chi connectivity index (χ0) is 16.4. The van der Waals surface area contributed by atoms with E-state index in [0.29, 0.717) is 17.5 Å². The van der Waals surface area contributed by atoms with Gasteiger partial charge in [0.2, 0.25) is 0 Å². The first-order valence-electron chi connectivity index (χ1n) is 8.53. The smallest absolute Gasteiger partial charge is 0.273 e. The van der Waals surface area contributed by atoms with Crippen molar-refractivity contribution in [2.45, 2.75) is 31.3 Å². The van der Waals surface area contributed by atoms with Crippen LogP contribution in [0.15, 0.2) is 48.7 Å². The van der Waals surface area contributed by atoms with E-state index in [1.807, 2.05) is 35.2 Å². The molecular weight excluding hydrogens is 373 g/mol. The molecule has 26 heavy (non-hydrogen) atoms. The Labute approximate surface area is 166 Å². The molecule has 0 spiro atoms. The van der Waals surface area contributed by atoms with Gasteiger partial charge in [-0.15, -0.1) is 24.8 Å². The Kier molecular flexibility index (Phi) is 7.26. The van der Waals surface area contributed by atoms with Gasteiger partial charge in [-0.05, 0) is 44.0 Å². The number of nitrogens with zero attached hydrogens (tertiary/aromatic N) is 2. The summed E-state index contributed by atoms with van der Waals surface area (Å²) >= 11 is 0. The molecule has 1 N–H and O–H groups in total. The molecule has 2 aromatic rings. The molecule has 2 fully saturated rings. The van der Waals surface area contributed by atoms with Crippen LogP contribution in [0.4, 0.5) is 0 Å². The fourth-order valence-electron chi connectivity index (χ4n) is 3.66. The molecule has 140 valence electrons. The third-order valence-electron chi connectivity index (χ3n) is 4.82. The minimum absolute atomic E-state index is 0. The maximum Gasteiger partial charge on any atom is 0.273 e. The zero-order valence-electron chi connectivity index (χ0n) is 14.3. The van der Waals surface area contributed by atoms with Gasteiger partial charge in [-0.3, -0.25) is 9.78 Å². The summed E-state index contributed by atoms with van der Waals surface area (Å²) in [6.45, 7) is 1.86. The number of amides is 1. The van der Waals surface area contributed by atoms with Crippen molar-refractivity contribution in [2.24, 2.45) is 0 Å². The number of aromatic nitrogens is 1. The topological polar surface area (TPSA) is 54.5 Å². The lowest BCUT2D eigenvalue weighted by molar-refractivity contribution is 0.0674. The van der Waals surface area contributed by atoms with Crippen molar-refractivity contribution in [1.29, 1.82) is 0 Å². The Bertz CT molecular complexity index is 716. The molecule has 2 bridgehead atoms. The third kappa shape index (κ3) is 4.29. The summed E-state index contributed by atoms with van der Waals surface area (Å²) in [5.74, 6) is 1.41. The second-order valence-corrected chi connectivity index (χ2v) is 6.38. The number of hydrogen-bond acceptors (Lipinski definition) is 4. The first-order valence-corrected chi connectivity index (χ1v) is 8.53. The standard InChI is InChI=1S/C19H21N3O2.2ClH/c23-19(22-14-6-7-15(22)13-20-10-8-14)18-12-17(9-11-21-18)24-16-4-2-1-3-5-16;;/h1-5,9,11-12,14-15,20H,6-8,10,13H2;2*1H. The molecule has 0 aliphatic carbocycles. The van der Waals surface area contributed by atoms with Crippen molar-refractivity contribution in [1.82, 2.24) is 15.2 Å². The highest BCUT2D eigenvalue weighted by Crippen LogP contribution is 2.30. The van der Waals surface area contributed by atoms with Crippen LogP contribution >= 0.6 is 24.8 Å². The van der Waals surface area contributed by atoms with Crippen LogP contribution in [0.5, 0.6) is 11.5 Å². The maximum absolute atomic E-state index is 13.0. The molecule has 2 aliphatic heterocycles. The van der Waals surface area contributed by atoms with E-state index in [1.165, 1.54) is 0 Å². The summed E-state index contributed by atoms with van der Waals surface area (Å²) in [5, 5.41) is 3.42. The predicted molar refractivity (Wildman–Crippen MR) is 106 cm³/mol. The minimum Gasteiger partial charge on any atom is -0.457 e. The Balaban J connectivity index is 0.00000121. The second-order valence-electron chi connectivity index (χ2n) is 6.38. The van der Waals surface area contributed by atoms with E-state index in [4.69, 9.17) is 4.74 Å². The summed E-state index contributed by atoms with van der Waals surface area (Å²) in [5.41, 5.74) is 0.460. The molecule has 7 heteroatoms. The van der Waals surface area contributed by atoms with E-state index in [2.05, 4.69) is 10.3 Å². The van der Waals surface area contributed by atoms with Crippen LogP contribution < -0.4 is 10.1 Å². The molecule has 1 aromatic heterocycles. The SMILES string of the molecule is Cl.Cl.O=C(c1cc(Oc2ccccc2)ccn1)N1C2CCNCC1CC2. The van der Waals surface area contributed by atoms with Crippen LogP contribution in [0.2, 0.25) is 0 Å². The third-order valence-corrected chi connectivity index (χ3v) is 4.82. The Hall–Kier alpha value is -1.82. The summed E-state index contributed by atoms with van der Waals surface area (Å²) < 4.78 is 5.83. The van der Waals surface area contributed by atoms with Crippen LogP contribution in [0, 0.1) is 0 Å². The van der Waals surface area contributed by atoms with Gasteiger partial charge in [-0.1, -0.05) is 18.2 Å². The number of pyridine rings is 1. The number of benzene rings is 1. The summed E-state index contributed by atoms with van der Waals surface area (Å²) in [6, 6.07) is 13.7. The van der Waals surface area contributed by atoms with Crippen LogP contribution in [0.25, 0.3) is 0 Å². The highest BCUT2D eigenvalue weighted by Gasteiger charge is 2.38. The number of nitrogens with one attached hydrogen (secondary N) is 1. The van der Waals surface area contributed by atoms with E-state index < -0.39 is 0 Å². The molecule has 1 aromatic carbocycles. The van der Waals surface area contributed by atoms with E-state index in [-0.39, 0.29) is 36.8 Å². The molecule has 0 radical (unpaired) electrons. The fourth-order valence-corrected chi connectivity index (χ4v) is 3.66. The number of hydrogen-bond donors (Lipinski definition) is 1. The van der Waals surface area contributed by atoms with Crippen LogP contribution in [-0.4, -0.2) is 41.0 Å². The number of fused-ring (bicyclic) bond motifs is 2. The molecule has 2 aliphatic rings. The molecule has 4 rings (SSSR count). The number of halogens is 2. The van der Waals surface area contributed by atoms with Gasteiger partial charge in [-0.25, -0.2) is 0 Å². The molecule has 2 saturated heterocycles. The highest BCUT2D eigenvalue weighted by molar-refractivity contribution is 5.93. The van der Waals surface area contributed by atoms with Gasteiger partial charge in [0.25, 0.3) is 5.91 Å². The van der Waals surface area contributed by atoms with Crippen LogP contribution in [0.3, 0.4) is 0 Å². The van der Waals surface area contributed by atoms with Gasteiger partial charge in [0.15, 0.2) is 0 Å². The minimum atomic E-state index is 0. The first kappa shape index (κ1) is 20.5. The van der Waals surface area contributed by atoms with E-state index in [0.717, 1.165) is 38.1 Å². The van der Waals surface area contributed by atoms with Crippen LogP contribution in [0.1, 0.15) is 29.8 Å². The van der Waals surface area contributed by atoms with Crippen molar-refractivity contribution in [3.63, 3.8) is 0 Å². The molecule has 2 unspecified atom stereocenters. The Morgan fingerprint density at radius 1 is 1.04 bits per heavy atom. The van der Waals surface area contributed by atoms with Crippen LogP contribution in [-0.2, 0) is 0 Å². The lowest BCUT2D eigenvalue weighted by atomic mass is 10.1.